The third-order valence-electron chi connectivity index (χ3n) is 4.32. The Morgan fingerprint density at radius 1 is 1.24 bits per heavy atom. The van der Waals surface area contributed by atoms with Crippen LogP contribution in [0.1, 0.15) is 24.8 Å². The zero-order valence-electron chi connectivity index (χ0n) is 12.7. The van der Waals surface area contributed by atoms with Gasteiger partial charge in [-0.05, 0) is 50.2 Å². The molecule has 0 aliphatic carbocycles. The van der Waals surface area contributed by atoms with Crippen molar-refractivity contribution in [1.82, 2.24) is 14.7 Å². The topological polar surface area (TPSA) is 33.1 Å². The zero-order valence-corrected chi connectivity index (χ0v) is 12.7. The lowest BCUT2D eigenvalue weighted by atomic mass is 10.0. The maximum Gasteiger partial charge on any atom is 0.0659 e. The summed E-state index contributed by atoms with van der Waals surface area (Å²) in [4.78, 5) is 2.47. The summed E-state index contributed by atoms with van der Waals surface area (Å²) in [5.41, 5.74) is 2.48. The summed E-state index contributed by atoms with van der Waals surface area (Å²) in [5, 5.41) is 7.80. The predicted octanol–water partition coefficient (Wildman–Crippen LogP) is 2.83. The number of hydrogen-bond donors (Lipinski definition) is 1. The summed E-state index contributed by atoms with van der Waals surface area (Å²) in [6, 6.07) is 11.3. The number of nitrogens with one attached hydrogen (secondary N) is 1. The van der Waals surface area contributed by atoms with Gasteiger partial charge in [-0.1, -0.05) is 18.6 Å². The maximum atomic E-state index is 4.24. The molecule has 1 atom stereocenters. The molecule has 4 nitrogen and oxygen atoms in total. The first-order chi connectivity index (χ1) is 10.3. The van der Waals surface area contributed by atoms with Crippen LogP contribution >= 0.6 is 0 Å². The zero-order chi connectivity index (χ0) is 14.5. The van der Waals surface area contributed by atoms with Gasteiger partial charge in [0.05, 0.1) is 6.54 Å². The fraction of sp³-hybridized carbons (Fsp3) is 0.471. The smallest absolute Gasteiger partial charge is 0.0659 e. The highest BCUT2D eigenvalue weighted by Gasteiger charge is 2.18. The van der Waals surface area contributed by atoms with E-state index >= 15 is 0 Å². The Labute approximate surface area is 126 Å². The summed E-state index contributed by atoms with van der Waals surface area (Å²) < 4.78 is 1.94. The van der Waals surface area contributed by atoms with E-state index in [1.54, 1.807) is 0 Å². The van der Waals surface area contributed by atoms with E-state index in [4.69, 9.17) is 0 Å². The summed E-state index contributed by atoms with van der Waals surface area (Å²) in [6.07, 6.45) is 7.82. The number of aromatic nitrogens is 2. The van der Waals surface area contributed by atoms with E-state index in [9.17, 15) is 0 Å². The molecule has 2 aromatic rings. The standard InChI is InChI=1S/C17H24N4/c1-20-11-3-2-5-17(20)13-18-16-8-6-15(7-9-16)14-21-12-4-10-19-21/h4,6-10,12,17-18H,2-3,5,11,13-14H2,1H3. The SMILES string of the molecule is CN1CCCCC1CNc1ccc(Cn2cccn2)cc1. The Kier molecular flexibility index (Phi) is 4.55. The second-order valence-electron chi connectivity index (χ2n) is 5.91. The molecular formula is C17H24N4. The molecule has 1 aliphatic heterocycles. The molecule has 112 valence electrons. The van der Waals surface area contributed by atoms with E-state index in [1.165, 1.54) is 37.1 Å². The minimum atomic E-state index is 0.669. The average Bonchev–Trinajstić information content (AvgIpc) is 3.01. The number of nitrogens with zero attached hydrogens (tertiary/aromatic N) is 3. The minimum absolute atomic E-state index is 0.669. The van der Waals surface area contributed by atoms with Crippen molar-refractivity contribution >= 4 is 5.69 Å². The van der Waals surface area contributed by atoms with Crippen molar-refractivity contribution in [2.75, 3.05) is 25.5 Å². The first-order valence-electron chi connectivity index (χ1n) is 7.82. The predicted molar refractivity (Wildman–Crippen MR) is 86.5 cm³/mol. The van der Waals surface area contributed by atoms with E-state index in [2.05, 4.69) is 46.6 Å². The lowest BCUT2D eigenvalue weighted by Crippen LogP contribution is -2.40. The number of rotatable bonds is 5. The number of anilines is 1. The van der Waals surface area contributed by atoms with E-state index in [0.717, 1.165) is 13.1 Å². The molecule has 1 saturated heterocycles. The van der Waals surface area contributed by atoms with E-state index in [0.29, 0.717) is 6.04 Å². The quantitative estimate of drug-likeness (QED) is 0.916. The van der Waals surface area contributed by atoms with Crippen molar-refractivity contribution in [2.24, 2.45) is 0 Å². The van der Waals surface area contributed by atoms with Gasteiger partial charge in [0.15, 0.2) is 0 Å². The highest BCUT2D eigenvalue weighted by Crippen LogP contribution is 2.16. The van der Waals surface area contributed by atoms with Crippen LogP contribution in [0, 0.1) is 0 Å². The lowest BCUT2D eigenvalue weighted by Gasteiger charge is -2.32. The third-order valence-corrected chi connectivity index (χ3v) is 4.32. The molecule has 21 heavy (non-hydrogen) atoms. The van der Waals surface area contributed by atoms with E-state index in [1.807, 2.05) is 23.1 Å². The molecule has 0 amide bonds. The summed E-state index contributed by atoms with van der Waals surface area (Å²) in [7, 11) is 2.23. The van der Waals surface area contributed by atoms with Crippen molar-refractivity contribution in [3.8, 4) is 0 Å². The Hall–Kier alpha value is -1.81. The number of likely N-dealkylation sites (N-methyl/N-ethyl adjacent to an activating group) is 1. The molecule has 3 rings (SSSR count). The molecule has 0 radical (unpaired) electrons. The van der Waals surface area contributed by atoms with Crippen LogP contribution in [0.2, 0.25) is 0 Å². The normalized spacial score (nSPS) is 19.6. The summed E-state index contributed by atoms with van der Waals surface area (Å²) in [6.45, 7) is 3.10. The monoisotopic (exact) mass is 284 g/mol. The van der Waals surface area contributed by atoms with Crippen LogP contribution in [0.5, 0.6) is 0 Å². The van der Waals surface area contributed by atoms with Crippen molar-refractivity contribution in [1.29, 1.82) is 0 Å². The van der Waals surface area contributed by atoms with Crippen LogP contribution in [-0.4, -0.2) is 40.9 Å². The molecule has 1 N–H and O–H groups in total. The fourth-order valence-electron chi connectivity index (χ4n) is 2.95. The molecule has 1 aromatic heterocycles. The van der Waals surface area contributed by atoms with E-state index in [-0.39, 0.29) is 0 Å². The van der Waals surface area contributed by atoms with Crippen molar-refractivity contribution < 1.29 is 0 Å². The van der Waals surface area contributed by atoms with E-state index < -0.39 is 0 Å². The molecule has 1 unspecified atom stereocenters. The Bertz CT molecular complexity index is 532. The van der Waals surface area contributed by atoms with Gasteiger partial charge >= 0.3 is 0 Å². The molecule has 1 aromatic carbocycles. The van der Waals surface area contributed by atoms with Crippen LogP contribution in [0.3, 0.4) is 0 Å². The summed E-state index contributed by atoms with van der Waals surface area (Å²) >= 11 is 0. The molecule has 4 heteroatoms. The largest absolute Gasteiger partial charge is 0.383 e. The van der Waals surface area contributed by atoms with Crippen LogP contribution in [0.15, 0.2) is 42.7 Å². The molecule has 0 saturated carbocycles. The van der Waals surface area contributed by atoms with Gasteiger partial charge in [0.2, 0.25) is 0 Å². The molecule has 2 heterocycles. The number of hydrogen-bond acceptors (Lipinski definition) is 3. The molecule has 1 aliphatic rings. The van der Waals surface area contributed by atoms with Gasteiger partial charge in [-0.2, -0.15) is 5.10 Å². The molecule has 0 bridgehead atoms. The Morgan fingerprint density at radius 3 is 2.81 bits per heavy atom. The Morgan fingerprint density at radius 2 is 2.10 bits per heavy atom. The molecule has 0 spiro atoms. The van der Waals surface area contributed by atoms with Gasteiger partial charge in [-0.15, -0.1) is 0 Å². The first kappa shape index (κ1) is 14.1. The van der Waals surface area contributed by atoms with Crippen LogP contribution in [0.4, 0.5) is 5.69 Å². The number of likely N-dealkylation sites (tertiary alicyclic amines) is 1. The van der Waals surface area contributed by atoms with Gasteiger partial charge in [0, 0.05) is 30.7 Å². The van der Waals surface area contributed by atoms with Gasteiger partial charge in [0.1, 0.15) is 0 Å². The lowest BCUT2D eigenvalue weighted by molar-refractivity contribution is 0.194. The fourth-order valence-corrected chi connectivity index (χ4v) is 2.95. The maximum absolute atomic E-state index is 4.24. The highest BCUT2D eigenvalue weighted by atomic mass is 15.3. The third kappa shape index (κ3) is 3.85. The van der Waals surface area contributed by atoms with Gasteiger partial charge < -0.3 is 10.2 Å². The second-order valence-corrected chi connectivity index (χ2v) is 5.91. The molecular weight excluding hydrogens is 260 g/mol. The van der Waals surface area contributed by atoms with Crippen molar-refractivity contribution in [3.05, 3.63) is 48.3 Å². The van der Waals surface area contributed by atoms with Crippen LogP contribution < -0.4 is 5.32 Å². The van der Waals surface area contributed by atoms with Crippen molar-refractivity contribution in [2.45, 2.75) is 31.8 Å². The van der Waals surface area contributed by atoms with Gasteiger partial charge in [-0.3, -0.25) is 4.68 Å². The van der Waals surface area contributed by atoms with Crippen LogP contribution in [0.25, 0.3) is 0 Å². The number of benzene rings is 1. The minimum Gasteiger partial charge on any atom is -0.383 e. The summed E-state index contributed by atoms with van der Waals surface area (Å²) in [5.74, 6) is 0. The second kappa shape index (κ2) is 6.76. The molecule has 1 fully saturated rings. The van der Waals surface area contributed by atoms with Gasteiger partial charge in [-0.25, -0.2) is 0 Å². The highest BCUT2D eigenvalue weighted by molar-refractivity contribution is 5.44. The first-order valence-corrected chi connectivity index (χ1v) is 7.82. The van der Waals surface area contributed by atoms with Gasteiger partial charge in [0.25, 0.3) is 0 Å². The Balaban J connectivity index is 1.52. The average molecular weight is 284 g/mol. The van der Waals surface area contributed by atoms with Crippen molar-refractivity contribution in [3.63, 3.8) is 0 Å². The number of piperidine rings is 1. The van der Waals surface area contributed by atoms with Crippen LogP contribution in [-0.2, 0) is 6.54 Å².